The fourth-order valence-corrected chi connectivity index (χ4v) is 3.43. The van der Waals surface area contributed by atoms with Crippen LogP contribution in [-0.4, -0.2) is 42.0 Å². The van der Waals surface area contributed by atoms with E-state index in [4.69, 9.17) is 5.11 Å². The third-order valence-electron chi connectivity index (χ3n) is 5.06. The van der Waals surface area contributed by atoms with E-state index >= 15 is 0 Å². The number of amides is 4. The molecular weight excluding hydrogens is 412 g/mol. The van der Waals surface area contributed by atoms with Gasteiger partial charge in [-0.05, 0) is 36.6 Å². The minimum absolute atomic E-state index is 0.0892. The van der Waals surface area contributed by atoms with Crippen molar-refractivity contribution in [1.29, 1.82) is 0 Å². The number of nitrogens with zero attached hydrogens (tertiary/aromatic N) is 1. The van der Waals surface area contributed by atoms with Gasteiger partial charge in [0.2, 0.25) is 5.91 Å². The fraction of sp³-hybridized carbons (Fsp3) is 0.304. The van der Waals surface area contributed by atoms with Gasteiger partial charge in [0.1, 0.15) is 0 Å². The maximum atomic E-state index is 12.5. The van der Waals surface area contributed by atoms with Crippen LogP contribution in [0.4, 0.5) is 16.2 Å². The number of unbranched alkanes of at least 4 members (excludes halogenated alkanes) is 2. The Hall–Kier alpha value is -3.88. The molecule has 0 radical (unpaired) electrons. The van der Waals surface area contributed by atoms with E-state index in [0.29, 0.717) is 49.3 Å². The molecule has 0 atom stereocenters. The summed E-state index contributed by atoms with van der Waals surface area (Å²) in [6.45, 7) is 0.621. The van der Waals surface area contributed by atoms with Crippen molar-refractivity contribution in [3.63, 3.8) is 0 Å². The van der Waals surface area contributed by atoms with Crippen LogP contribution >= 0.6 is 0 Å². The van der Waals surface area contributed by atoms with Gasteiger partial charge in [-0.2, -0.15) is 0 Å². The summed E-state index contributed by atoms with van der Waals surface area (Å²) in [6.07, 6.45) is 1.90. The Labute approximate surface area is 185 Å². The van der Waals surface area contributed by atoms with Crippen LogP contribution in [0.2, 0.25) is 0 Å². The molecule has 32 heavy (non-hydrogen) atoms. The molecule has 0 saturated carbocycles. The summed E-state index contributed by atoms with van der Waals surface area (Å²) in [4.78, 5) is 49.4. The summed E-state index contributed by atoms with van der Waals surface area (Å²) in [5, 5.41) is 16.8. The van der Waals surface area contributed by atoms with E-state index < -0.39 is 17.9 Å². The first-order valence-electron chi connectivity index (χ1n) is 10.5. The Morgan fingerprint density at radius 2 is 1.81 bits per heavy atom. The SMILES string of the molecule is O=C(O)CCCCCN1C(=O)CNC(=O)c2cc(NC(=O)NCc3ccccc3)ccc21. The highest BCUT2D eigenvalue weighted by Crippen LogP contribution is 2.27. The molecule has 2 aromatic rings. The quantitative estimate of drug-likeness (QED) is 0.448. The first-order chi connectivity index (χ1) is 15.4. The molecule has 9 heteroatoms. The van der Waals surface area contributed by atoms with Crippen molar-refractivity contribution in [1.82, 2.24) is 10.6 Å². The van der Waals surface area contributed by atoms with Crippen LogP contribution in [-0.2, 0) is 16.1 Å². The minimum Gasteiger partial charge on any atom is -0.481 e. The molecule has 3 rings (SSSR count). The zero-order valence-electron chi connectivity index (χ0n) is 17.6. The molecule has 0 spiro atoms. The molecule has 0 saturated heterocycles. The smallest absolute Gasteiger partial charge is 0.319 e. The molecule has 1 heterocycles. The summed E-state index contributed by atoms with van der Waals surface area (Å²) in [6, 6.07) is 13.9. The van der Waals surface area contributed by atoms with E-state index in [1.54, 1.807) is 18.2 Å². The number of carboxylic acid groups (broad SMARTS) is 1. The number of nitrogens with one attached hydrogen (secondary N) is 3. The number of hydrogen-bond acceptors (Lipinski definition) is 4. The Morgan fingerprint density at radius 3 is 2.56 bits per heavy atom. The van der Waals surface area contributed by atoms with E-state index in [0.717, 1.165) is 5.56 Å². The van der Waals surface area contributed by atoms with E-state index in [9.17, 15) is 19.2 Å². The molecule has 0 aromatic heterocycles. The molecule has 1 aliphatic rings. The van der Waals surface area contributed by atoms with Crippen LogP contribution in [0.3, 0.4) is 0 Å². The van der Waals surface area contributed by atoms with Crippen molar-refractivity contribution in [2.24, 2.45) is 0 Å². The zero-order chi connectivity index (χ0) is 22.9. The van der Waals surface area contributed by atoms with Crippen molar-refractivity contribution in [2.45, 2.75) is 32.2 Å². The van der Waals surface area contributed by atoms with Gasteiger partial charge in [-0.25, -0.2) is 4.79 Å². The average molecular weight is 438 g/mol. The molecule has 2 aromatic carbocycles. The lowest BCUT2D eigenvalue weighted by molar-refractivity contribution is -0.137. The molecule has 0 aliphatic carbocycles. The number of fused-ring (bicyclic) bond motifs is 1. The van der Waals surface area contributed by atoms with Crippen LogP contribution in [0.5, 0.6) is 0 Å². The van der Waals surface area contributed by atoms with Crippen molar-refractivity contribution in [3.05, 3.63) is 59.7 Å². The van der Waals surface area contributed by atoms with E-state index in [-0.39, 0.29) is 18.9 Å². The Kier molecular flexibility index (Phi) is 7.80. The number of anilines is 2. The maximum Gasteiger partial charge on any atom is 0.319 e. The van der Waals surface area contributed by atoms with Crippen LogP contribution < -0.4 is 20.9 Å². The van der Waals surface area contributed by atoms with Crippen molar-refractivity contribution in [2.75, 3.05) is 23.3 Å². The largest absolute Gasteiger partial charge is 0.481 e. The number of carboxylic acids is 1. The highest BCUT2D eigenvalue weighted by molar-refractivity contribution is 6.10. The summed E-state index contributed by atoms with van der Waals surface area (Å²) < 4.78 is 0. The second-order valence-corrected chi connectivity index (χ2v) is 7.46. The average Bonchev–Trinajstić information content (AvgIpc) is 2.89. The Morgan fingerprint density at radius 1 is 1.03 bits per heavy atom. The lowest BCUT2D eigenvalue weighted by atomic mass is 10.1. The minimum atomic E-state index is -0.844. The highest BCUT2D eigenvalue weighted by atomic mass is 16.4. The van der Waals surface area contributed by atoms with Crippen LogP contribution in [0, 0.1) is 0 Å². The number of carbonyl (C=O) groups excluding carboxylic acids is 3. The maximum absolute atomic E-state index is 12.5. The van der Waals surface area contributed by atoms with Crippen LogP contribution in [0.1, 0.15) is 41.6 Å². The van der Waals surface area contributed by atoms with Gasteiger partial charge in [0, 0.05) is 25.2 Å². The van der Waals surface area contributed by atoms with E-state index in [2.05, 4.69) is 16.0 Å². The molecule has 9 nitrogen and oxygen atoms in total. The van der Waals surface area contributed by atoms with Gasteiger partial charge in [-0.15, -0.1) is 0 Å². The number of benzene rings is 2. The van der Waals surface area contributed by atoms with Crippen molar-refractivity contribution < 1.29 is 24.3 Å². The molecular formula is C23H26N4O5. The van der Waals surface area contributed by atoms with Crippen LogP contribution in [0.15, 0.2) is 48.5 Å². The summed E-state index contributed by atoms with van der Waals surface area (Å²) in [7, 11) is 0. The second-order valence-electron chi connectivity index (χ2n) is 7.46. The van der Waals surface area contributed by atoms with E-state index in [1.165, 1.54) is 4.90 Å². The molecule has 0 fully saturated rings. The number of carbonyl (C=O) groups is 4. The van der Waals surface area contributed by atoms with Gasteiger partial charge < -0.3 is 26.0 Å². The van der Waals surface area contributed by atoms with Gasteiger partial charge in [0.25, 0.3) is 5.91 Å². The van der Waals surface area contributed by atoms with E-state index in [1.807, 2.05) is 30.3 Å². The number of hydrogen-bond donors (Lipinski definition) is 4. The molecule has 168 valence electrons. The first-order valence-corrected chi connectivity index (χ1v) is 10.5. The Balaban J connectivity index is 1.65. The fourth-order valence-electron chi connectivity index (χ4n) is 3.43. The molecule has 1 aliphatic heterocycles. The molecule has 4 amide bonds. The summed E-state index contributed by atoms with van der Waals surface area (Å²) in [5.74, 6) is -1.48. The van der Waals surface area contributed by atoms with Gasteiger partial charge in [-0.1, -0.05) is 36.8 Å². The molecule has 0 unspecified atom stereocenters. The number of rotatable bonds is 9. The van der Waals surface area contributed by atoms with Gasteiger partial charge in [0.05, 0.1) is 17.8 Å². The number of urea groups is 1. The predicted molar refractivity (Wildman–Crippen MR) is 120 cm³/mol. The van der Waals surface area contributed by atoms with Gasteiger partial charge in [-0.3, -0.25) is 14.4 Å². The van der Waals surface area contributed by atoms with Crippen LogP contribution in [0.25, 0.3) is 0 Å². The lowest BCUT2D eigenvalue weighted by Gasteiger charge is -2.22. The standard InChI is InChI=1S/C23H26N4O5/c28-20-15-24-22(31)18-13-17(26-23(32)25-14-16-7-3-1-4-8-16)10-11-19(18)27(20)12-6-2-5-9-21(29)30/h1,3-4,7-8,10-11,13H,2,5-6,9,12,14-15H2,(H,24,31)(H,29,30)(H2,25,26,32). The van der Waals surface area contributed by atoms with Gasteiger partial charge in [0.15, 0.2) is 0 Å². The number of aliphatic carboxylic acids is 1. The third kappa shape index (κ3) is 6.31. The van der Waals surface area contributed by atoms with Crippen molar-refractivity contribution >= 4 is 35.2 Å². The Bertz CT molecular complexity index is 993. The zero-order valence-corrected chi connectivity index (χ0v) is 17.6. The summed E-state index contributed by atoms with van der Waals surface area (Å²) in [5.41, 5.74) is 2.16. The second kappa shape index (κ2) is 10.9. The molecule has 0 bridgehead atoms. The lowest BCUT2D eigenvalue weighted by Crippen LogP contribution is -2.37. The normalized spacial score (nSPS) is 13.1. The topological polar surface area (TPSA) is 128 Å². The highest BCUT2D eigenvalue weighted by Gasteiger charge is 2.26. The summed E-state index contributed by atoms with van der Waals surface area (Å²) >= 11 is 0. The monoisotopic (exact) mass is 438 g/mol. The van der Waals surface area contributed by atoms with Crippen molar-refractivity contribution in [3.8, 4) is 0 Å². The molecule has 4 N–H and O–H groups in total. The first kappa shape index (κ1) is 22.8. The predicted octanol–water partition coefficient (Wildman–Crippen LogP) is 2.73. The third-order valence-corrected chi connectivity index (χ3v) is 5.06. The van der Waals surface area contributed by atoms with Gasteiger partial charge >= 0.3 is 12.0 Å².